The van der Waals surface area contributed by atoms with Gasteiger partial charge in [0.25, 0.3) is 0 Å². The van der Waals surface area contributed by atoms with E-state index in [4.69, 9.17) is 75.5 Å². The van der Waals surface area contributed by atoms with Crippen molar-refractivity contribution >= 4 is 128 Å². The van der Waals surface area contributed by atoms with Crippen molar-refractivity contribution in [2.45, 2.75) is 240 Å². The number of ketones is 6. The number of piperidine rings is 1. The first kappa shape index (κ1) is 56.7. The summed E-state index contributed by atoms with van der Waals surface area (Å²) < 4.78 is 210. The molecule has 0 spiro atoms. The van der Waals surface area contributed by atoms with Gasteiger partial charge in [0.1, 0.15) is 40.6 Å². The zero-order valence-electron chi connectivity index (χ0n) is 74.2. The number of benzene rings is 1. The number of aliphatic hydroxyl groups excluding tert-OH is 1. The Morgan fingerprint density at radius 3 is 1.45 bits per heavy atom. The van der Waals surface area contributed by atoms with E-state index in [0.717, 1.165) is 24.9 Å². The number of amidine groups is 1. The van der Waals surface area contributed by atoms with Crippen LogP contribution in [0.3, 0.4) is 0 Å². The van der Waals surface area contributed by atoms with E-state index in [1.54, 1.807) is 19.1 Å². The number of sulfone groups is 1. The Bertz CT molecular complexity index is 3040. The fourth-order valence-corrected chi connectivity index (χ4v) is 8.33. The summed E-state index contributed by atoms with van der Waals surface area (Å²) >= 11 is 16.3. The van der Waals surface area contributed by atoms with E-state index in [1.807, 2.05) is 11.9 Å². The minimum Gasteiger partial charge on any atom is -0.870 e. The molecule has 0 unspecified atom stereocenters. The van der Waals surface area contributed by atoms with Crippen LogP contribution < -0.4 is 48.4 Å². The number of alkyl halides is 4. The molecule has 0 bridgehead atoms. The van der Waals surface area contributed by atoms with Crippen LogP contribution in [0.25, 0.3) is 0 Å². The average molecular weight is 1430 g/mol. The molecular formula is C62H114BCl3ILiN3NaO12S. The molecule has 8 rings (SSSR count). The standard InChI is InChI=1S/C16H21NO3S.C8H14N2.2C8H12O2.C8H14O.C7H12O2.CHCl3.CH3I.CH4O.4CH4.BH4.Li.Na.H2O/c1-12-3-9-16(10-4-12)21(19,20)11-17-15-7-5-14(6-8-15)13(2)18;1-2-6-10-7-3-5-9-8(10)4-1;2*1-6(9)7-2-4-8(10)5-3-7;1-7(9)8-5-3-2-4-6-8;8-7(9)6-4-2-1-3-5-6;2-1(3)4;2*1-2;;;;;;;;/h3-4,9-10,14H,5-8,11H2,1-2H3;1-7H2;2*7H,2-5H2,1H3;8H,2-6H2,1H3;6H,1-5H2,(H,8,9);1H;1H3;2H,1H3;5*1H4;;;1H2/q;;;;;;;;;;;;;-1;2*+1;/p-1/i7D2,8D2;;4D2,5D2;;2D2,3D2,4D2;1D2,2D2,3D2;1D;;2D;;;;;1D4;;;. The van der Waals surface area contributed by atoms with Crippen molar-refractivity contribution in [1.29, 1.82) is 6.77 Å². The van der Waals surface area contributed by atoms with Crippen molar-refractivity contribution in [2.24, 2.45) is 39.6 Å². The van der Waals surface area contributed by atoms with Gasteiger partial charge in [0.2, 0.25) is 1.43 Å². The number of aliphatic carboxylic acids is 1. The first-order valence-electron chi connectivity index (χ1n) is 38.2. The Morgan fingerprint density at radius 1 is 0.694 bits per heavy atom. The molecule has 2 aliphatic heterocycles. The van der Waals surface area contributed by atoms with Crippen molar-refractivity contribution in [3.05, 3.63) is 29.8 Å². The SMILES string of the molecule is C.C.C.C.C1CCN2CCCN=C2C1.CC(=O)C1CCC(=O)CC1.CI.[2H]C(Cl)(Cl)Cl.[2H]C1([2H])CC(C(=O)O)CC([2H])([2H])C1([2H])[2H].[2H]C1([2H])CC(C(C)=O)CC([2H])([2H])C1([2H])[2H].[2H]C1([2H])CC(C(C)=O)CC([2H])([2H])C1=NCS(=O)(=O)c1ccc(C)cc1.[2H]C1([2H])CC(C(C)=O)CC([2H])([2H])C1=O.[2H]OC.[2H][B-]([2H])([2H])[2H].[Li+].[Na+].[OH-]. The zero-order chi connectivity index (χ0) is 82.4. The smallest absolute Gasteiger partial charge is 0.870 e. The third kappa shape index (κ3) is 49.4. The first-order chi connectivity index (χ1) is 46.6. The van der Waals surface area contributed by atoms with E-state index >= 15 is 0 Å². The average Bonchev–Trinajstić information content (AvgIpc) is 0.749. The van der Waals surface area contributed by atoms with Crippen LogP contribution in [-0.4, -0.2) is 138 Å². The Labute approximate surface area is 617 Å². The summed E-state index contributed by atoms with van der Waals surface area (Å²) in [5, 5.41) is 12.2. The molecule has 85 heavy (non-hydrogen) atoms. The van der Waals surface area contributed by atoms with Crippen LogP contribution >= 0.6 is 57.4 Å². The van der Waals surface area contributed by atoms with Gasteiger partial charge >= 0.3 is 54.4 Å². The number of aliphatic hydroxyl groups is 1. The summed E-state index contributed by atoms with van der Waals surface area (Å²) in [4.78, 5) is 90.0. The number of aliphatic imine (C=N–C) groups is 2. The molecule has 7 aliphatic rings. The number of carboxylic acid groups (broad SMARTS) is 1. The molecule has 1 aromatic carbocycles. The van der Waals surface area contributed by atoms with E-state index in [2.05, 4.69) is 42.6 Å². The number of fused-ring (bicyclic) bond motifs is 1. The van der Waals surface area contributed by atoms with E-state index in [1.165, 1.54) is 84.6 Å². The van der Waals surface area contributed by atoms with Gasteiger partial charge in [-0.25, -0.2) is 13.8 Å². The van der Waals surface area contributed by atoms with Crippen molar-refractivity contribution in [3.8, 4) is 0 Å². The molecule has 6 fully saturated rings. The maximum Gasteiger partial charge on any atom is 1.00 e. The predicted molar refractivity (Wildman–Crippen MR) is 362 cm³/mol. The van der Waals surface area contributed by atoms with Crippen LogP contribution in [0.4, 0.5) is 0 Å². The number of carboxylic acids is 1. The molecule has 1 saturated heterocycles. The van der Waals surface area contributed by atoms with Crippen LogP contribution in [0.5, 0.6) is 0 Å². The van der Waals surface area contributed by atoms with Gasteiger partial charge in [0.05, 0.1) is 18.0 Å². The molecule has 0 radical (unpaired) electrons. The van der Waals surface area contributed by atoms with Gasteiger partial charge in [-0.1, -0.05) is 151 Å². The molecule has 2 heterocycles. The first-order valence-corrected chi connectivity index (χ1v) is 29.9. The van der Waals surface area contributed by atoms with Gasteiger partial charge in [0, 0.05) is 116 Å². The van der Waals surface area contributed by atoms with Gasteiger partial charge in [-0.2, -0.15) is 0 Å². The van der Waals surface area contributed by atoms with Crippen LogP contribution in [0.1, 0.15) is 258 Å². The van der Waals surface area contributed by atoms with Gasteiger partial charge in [-0.15, -0.1) is 0 Å². The fraction of sp³-hybridized carbons (Fsp3) is 0.758. The number of carbonyl (C=O) groups is 7. The minimum atomic E-state index is -3.79. The number of hydrogen-bond acceptors (Lipinski definition) is 14. The van der Waals surface area contributed by atoms with E-state index in [0.29, 0.717) is 18.6 Å². The second-order valence-electron chi connectivity index (χ2n) is 17.9. The van der Waals surface area contributed by atoms with Gasteiger partial charge in [-0.05, 0) is 148 Å². The summed E-state index contributed by atoms with van der Waals surface area (Å²) in [6.07, 6.45) is -17.7. The summed E-state index contributed by atoms with van der Waals surface area (Å²) in [7, 11) is -5.50. The normalized spacial score (nSPS) is 28.6. The molecule has 0 atom stereocenters. The van der Waals surface area contributed by atoms with Crippen LogP contribution in [0.15, 0.2) is 39.1 Å². The van der Waals surface area contributed by atoms with E-state index < -0.39 is 146 Å². The third-order valence-corrected chi connectivity index (χ3v) is 13.5. The summed E-state index contributed by atoms with van der Waals surface area (Å²) in [6, 6.07) is 6.19. The zero-order valence-corrected chi connectivity index (χ0v) is 55.4. The largest absolute Gasteiger partial charge is 1.00 e. The number of hydrogen-bond donors (Lipinski definition) is 2. The number of carbonyl (C=O) groups excluding carboxylic acids is 6. The number of aryl methyl sites for hydroxylation is 1. The minimum absolute atomic E-state index is 0. The van der Waals surface area contributed by atoms with Crippen molar-refractivity contribution in [1.82, 2.24) is 4.90 Å². The maximum absolute atomic E-state index is 12.4. The molecule has 0 amide bonds. The van der Waals surface area contributed by atoms with Crippen molar-refractivity contribution in [2.75, 3.05) is 37.6 Å². The summed E-state index contributed by atoms with van der Waals surface area (Å²) in [5.74, 6) is -5.05. The number of Topliss-reactive ketones (excluding diaryl/α,β-unsaturated/α-hetero) is 6. The number of nitrogens with zero attached hydrogens (tertiary/aromatic N) is 3. The van der Waals surface area contributed by atoms with Crippen LogP contribution in [0, 0.1) is 36.5 Å². The van der Waals surface area contributed by atoms with Gasteiger partial charge in [0.15, 0.2) is 14.1 Å². The maximum atomic E-state index is 12.4. The van der Waals surface area contributed by atoms with E-state index in [9.17, 15) is 42.0 Å². The van der Waals surface area contributed by atoms with Crippen LogP contribution in [0.2, 0.25) is 0 Å². The molecule has 1 aromatic rings. The van der Waals surface area contributed by atoms with E-state index in [-0.39, 0.29) is 156 Å². The molecule has 5 aliphatic carbocycles. The van der Waals surface area contributed by atoms with Gasteiger partial charge in [-0.3, -0.25) is 43.5 Å². The fourth-order valence-electron chi connectivity index (χ4n) is 7.33. The number of rotatable bonds is 8. The summed E-state index contributed by atoms with van der Waals surface area (Å²) in [6.45, 7) is 10.9. The number of halogens is 4. The third-order valence-electron chi connectivity index (χ3n) is 12.1. The molecular weight excluding hydrogens is 1280 g/mol. The van der Waals surface area contributed by atoms with Gasteiger partial charge < -0.3 is 20.6 Å². The monoisotopic (exact) mass is 1420 g/mol. The molecule has 0 aromatic heterocycles. The Kier molecular flexibility index (Phi) is 41.2. The second kappa shape index (κ2) is 61.8. The van der Waals surface area contributed by atoms with Crippen molar-refractivity contribution < 1.29 is 135 Å². The van der Waals surface area contributed by atoms with Crippen LogP contribution in [-0.2, 0) is 43.4 Å². The van der Waals surface area contributed by atoms with Crippen molar-refractivity contribution in [3.63, 3.8) is 0 Å². The molecule has 5 saturated carbocycles. The summed E-state index contributed by atoms with van der Waals surface area (Å²) in [5.41, 5.74) is 0.466. The Balaban J connectivity index is -0.000000156. The molecule has 488 valence electrons. The second-order valence-corrected chi connectivity index (χ2v) is 21.6. The molecule has 15 nitrogen and oxygen atoms in total. The quantitative estimate of drug-likeness (QED) is 0.141. The topological polar surface area (TPSA) is 252 Å². The molecule has 23 heteroatoms. The Morgan fingerprint density at radius 2 is 1.06 bits per heavy atom. The molecule has 3 N–H and O–H groups in total. The predicted octanol–water partition coefficient (Wildman–Crippen LogP) is 8.27. The Hall–Kier alpha value is -1.02.